The van der Waals surface area contributed by atoms with Crippen LogP contribution in [0.15, 0.2) is 24.3 Å². The van der Waals surface area contributed by atoms with Crippen LogP contribution in [0, 0.1) is 5.82 Å². The van der Waals surface area contributed by atoms with Crippen LogP contribution >= 0.6 is 11.3 Å². The number of halogens is 1. The monoisotopic (exact) mass is 293 g/mol. The third-order valence-corrected chi connectivity index (χ3v) is 4.25. The van der Waals surface area contributed by atoms with Crippen LogP contribution in [0.3, 0.4) is 0 Å². The van der Waals surface area contributed by atoms with Crippen LogP contribution in [0.2, 0.25) is 0 Å². The van der Waals surface area contributed by atoms with E-state index in [1.54, 1.807) is 23.5 Å². The van der Waals surface area contributed by atoms with Crippen molar-refractivity contribution < 1.29 is 4.39 Å². The molecule has 3 nitrogen and oxygen atoms in total. The number of rotatable bonds is 5. The normalized spacial score (nSPS) is 11.1. The zero-order valence-corrected chi connectivity index (χ0v) is 13.1. The summed E-state index contributed by atoms with van der Waals surface area (Å²) in [6.07, 6.45) is 0. The summed E-state index contributed by atoms with van der Waals surface area (Å²) in [7, 11) is 3.77. The molecule has 0 aliphatic carbocycles. The molecular formula is C15H20FN3S. The Hall–Kier alpha value is -1.46. The van der Waals surface area contributed by atoms with Crippen molar-refractivity contribution in [2.45, 2.75) is 26.3 Å². The summed E-state index contributed by atoms with van der Waals surface area (Å²) in [5, 5.41) is 3.98. The first-order valence-electron chi connectivity index (χ1n) is 6.67. The number of aromatic nitrogens is 1. The van der Waals surface area contributed by atoms with E-state index in [1.165, 1.54) is 10.9 Å². The third kappa shape index (κ3) is 2.99. The van der Waals surface area contributed by atoms with Crippen molar-refractivity contribution in [3.63, 3.8) is 0 Å². The Labute approximate surface area is 123 Å². The highest BCUT2D eigenvalue weighted by atomic mass is 32.1. The van der Waals surface area contributed by atoms with Crippen molar-refractivity contribution in [3.8, 4) is 0 Å². The maximum Gasteiger partial charge on any atom is 0.190 e. The second-order valence-corrected chi connectivity index (χ2v) is 6.06. The number of thiazole rings is 1. The molecule has 0 fully saturated rings. The van der Waals surface area contributed by atoms with Crippen molar-refractivity contribution >= 4 is 22.2 Å². The van der Waals surface area contributed by atoms with E-state index in [-0.39, 0.29) is 5.82 Å². The summed E-state index contributed by atoms with van der Waals surface area (Å²) >= 11 is 1.61. The molecule has 2 rings (SSSR count). The van der Waals surface area contributed by atoms with E-state index in [0.29, 0.717) is 11.6 Å². The molecule has 108 valence electrons. The average Bonchev–Trinajstić information content (AvgIpc) is 2.83. The molecule has 1 N–H and O–H groups in total. The van der Waals surface area contributed by atoms with E-state index in [4.69, 9.17) is 0 Å². The van der Waals surface area contributed by atoms with E-state index >= 15 is 0 Å². The molecule has 0 saturated carbocycles. The zero-order valence-electron chi connectivity index (χ0n) is 12.3. The third-order valence-electron chi connectivity index (χ3n) is 3.10. The minimum atomic E-state index is -0.230. The molecule has 0 aliphatic rings. The molecule has 1 aromatic heterocycles. The Morgan fingerprint density at radius 3 is 2.65 bits per heavy atom. The summed E-state index contributed by atoms with van der Waals surface area (Å²) in [5.74, 6) is 0.129. The number of nitrogens with one attached hydrogen (secondary N) is 1. The van der Waals surface area contributed by atoms with Gasteiger partial charge in [0.15, 0.2) is 5.13 Å². The van der Waals surface area contributed by atoms with Crippen molar-refractivity contribution in [3.05, 3.63) is 40.7 Å². The van der Waals surface area contributed by atoms with Gasteiger partial charge in [-0.2, -0.15) is 0 Å². The number of hydrogen-bond acceptors (Lipinski definition) is 4. The molecule has 0 amide bonds. The maximum atomic E-state index is 13.9. The molecule has 0 saturated heterocycles. The molecule has 2 aromatic rings. The van der Waals surface area contributed by atoms with Gasteiger partial charge in [0.05, 0.1) is 11.4 Å². The Balaban J connectivity index is 2.38. The van der Waals surface area contributed by atoms with Crippen molar-refractivity contribution in [2.24, 2.45) is 0 Å². The number of anilines is 2. The van der Waals surface area contributed by atoms with E-state index < -0.39 is 0 Å². The van der Waals surface area contributed by atoms with Crippen molar-refractivity contribution in [1.82, 2.24) is 10.3 Å². The lowest BCUT2D eigenvalue weighted by Gasteiger charge is -2.16. The first kappa shape index (κ1) is 14.9. The highest BCUT2D eigenvalue weighted by molar-refractivity contribution is 7.15. The number of nitrogens with zero attached hydrogens (tertiary/aromatic N) is 2. The molecule has 1 heterocycles. The Morgan fingerprint density at radius 2 is 2.05 bits per heavy atom. The Kier molecular flexibility index (Phi) is 4.73. The van der Waals surface area contributed by atoms with Crippen LogP contribution in [-0.4, -0.2) is 19.1 Å². The molecule has 1 aromatic carbocycles. The van der Waals surface area contributed by atoms with Gasteiger partial charge < -0.3 is 10.2 Å². The molecule has 0 bridgehead atoms. The summed E-state index contributed by atoms with van der Waals surface area (Å²) in [5.41, 5.74) is 1.63. The predicted octanol–water partition coefficient (Wildman–Crippen LogP) is 3.89. The number of hydrogen-bond donors (Lipinski definition) is 1. The molecule has 0 spiro atoms. The van der Waals surface area contributed by atoms with Crippen LogP contribution in [0.5, 0.6) is 0 Å². The van der Waals surface area contributed by atoms with E-state index in [0.717, 1.165) is 17.4 Å². The topological polar surface area (TPSA) is 28.2 Å². The van der Waals surface area contributed by atoms with Gasteiger partial charge in [0.2, 0.25) is 0 Å². The fourth-order valence-electron chi connectivity index (χ4n) is 2.06. The fraction of sp³-hybridized carbons (Fsp3) is 0.400. The standard InChI is InChI=1S/C15H20FN3S/c1-10(2)14-13(9-17-3)20-15(18-14)19(4)12-8-6-5-7-11(12)16/h5-8,10,17H,9H2,1-4H3. The number of benzene rings is 1. The maximum absolute atomic E-state index is 13.9. The minimum absolute atomic E-state index is 0.230. The minimum Gasteiger partial charge on any atom is -0.318 e. The summed E-state index contributed by atoms with van der Waals surface area (Å²) in [6.45, 7) is 5.04. The van der Waals surface area contributed by atoms with E-state index in [2.05, 4.69) is 24.1 Å². The fourth-order valence-corrected chi connectivity index (χ4v) is 3.26. The average molecular weight is 293 g/mol. The predicted molar refractivity (Wildman–Crippen MR) is 83.4 cm³/mol. The second-order valence-electron chi connectivity index (χ2n) is 5.00. The van der Waals surface area contributed by atoms with E-state index in [1.807, 2.05) is 25.1 Å². The van der Waals surface area contributed by atoms with Gasteiger partial charge in [-0.15, -0.1) is 0 Å². The van der Waals surface area contributed by atoms with Gasteiger partial charge in [0, 0.05) is 18.5 Å². The lowest BCUT2D eigenvalue weighted by molar-refractivity contribution is 0.627. The Bertz CT molecular complexity index is 580. The Morgan fingerprint density at radius 1 is 1.35 bits per heavy atom. The van der Waals surface area contributed by atoms with Crippen LogP contribution in [0.25, 0.3) is 0 Å². The van der Waals surface area contributed by atoms with E-state index in [9.17, 15) is 4.39 Å². The quantitative estimate of drug-likeness (QED) is 0.906. The SMILES string of the molecule is CNCc1sc(N(C)c2ccccc2F)nc1C(C)C. The van der Waals surface area contributed by atoms with Gasteiger partial charge >= 0.3 is 0 Å². The highest BCUT2D eigenvalue weighted by Crippen LogP contribution is 2.34. The molecule has 0 radical (unpaired) electrons. The molecule has 5 heteroatoms. The largest absolute Gasteiger partial charge is 0.318 e. The van der Waals surface area contributed by atoms with Gasteiger partial charge in [-0.3, -0.25) is 0 Å². The summed E-state index contributed by atoms with van der Waals surface area (Å²) in [6, 6.07) is 6.77. The lowest BCUT2D eigenvalue weighted by Crippen LogP contribution is -2.11. The van der Waals surface area contributed by atoms with Gasteiger partial charge in [-0.05, 0) is 25.1 Å². The van der Waals surface area contributed by atoms with Gasteiger partial charge in [-0.1, -0.05) is 37.3 Å². The molecule has 0 atom stereocenters. The summed E-state index contributed by atoms with van der Waals surface area (Å²) < 4.78 is 13.9. The summed E-state index contributed by atoms with van der Waals surface area (Å²) in [4.78, 5) is 7.70. The zero-order chi connectivity index (χ0) is 14.7. The lowest BCUT2D eigenvalue weighted by atomic mass is 10.1. The van der Waals surface area contributed by atoms with Crippen LogP contribution in [0.4, 0.5) is 15.2 Å². The molecular weight excluding hydrogens is 273 g/mol. The molecule has 20 heavy (non-hydrogen) atoms. The number of para-hydroxylation sites is 1. The van der Waals surface area contributed by atoms with Gasteiger partial charge in [0.1, 0.15) is 5.82 Å². The van der Waals surface area contributed by atoms with Crippen LogP contribution < -0.4 is 10.2 Å². The van der Waals surface area contributed by atoms with Crippen LogP contribution in [-0.2, 0) is 6.54 Å². The van der Waals surface area contributed by atoms with Gasteiger partial charge in [0.25, 0.3) is 0 Å². The first-order chi connectivity index (χ1) is 9.54. The highest BCUT2D eigenvalue weighted by Gasteiger charge is 2.18. The first-order valence-corrected chi connectivity index (χ1v) is 7.48. The van der Waals surface area contributed by atoms with Crippen LogP contribution in [0.1, 0.15) is 30.3 Å². The smallest absolute Gasteiger partial charge is 0.190 e. The van der Waals surface area contributed by atoms with Crippen molar-refractivity contribution in [1.29, 1.82) is 0 Å². The van der Waals surface area contributed by atoms with Crippen molar-refractivity contribution in [2.75, 3.05) is 19.0 Å². The second kappa shape index (κ2) is 6.33. The molecule has 0 aliphatic heterocycles. The van der Waals surface area contributed by atoms with Gasteiger partial charge in [-0.25, -0.2) is 9.37 Å². The molecule has 0 unspecified atom stereocenters.